The lowest BCUT2D eigenvalue weighted by atomic mass is 9.88. The van der Waals surface area contributed by atoms with E-state index in [0.717, 1.165) is 5.92 Å². The van der Waals surface area contributed by atoms with Crippen LogP contribution in [0.4, 0.5) is 0 Å². The summed E-state index contributed by atoms with van der Waals surface area (Å²) in [4.78, 5) is 0. The van der Waals surface area contributed by atoms with E-state index in [9.17, 15) is 0 Å². The molecule has 1 aliphatic carbocycles. The van der Waals surface area contributed by atoms with E-state index in [0.29, 0.717) is 5.92 Å². The van der Waals surface area contributed by atoms with Gasteiger partial charge in [0, 0.05) is 10.5 Å². The Morgan fingerprint density at radius 3 is 2.44 bits per heavy atom. The number of rotatable bonds is 3. The Kier molecular flexibility index (Phi) is 3.41. The van der Waals surface area contributed by atoms with Crippen molar-refractivity contribution in [3.05, 3.63) is 33.3 Å². The molecule has 2 rings (SSSR count). The standard InChI is InChI=1S/C14H20BrN/c1-8-7-13(15)9(2)6-12(8)14(16)10(3)11-4-5-11/h6-7,10-11,14H,4-5,16H2,1-3H3. The van der Waals surface area contributed by atoms with Gasteiger partial charge in [-0.2, -0.15) is 0 Å². The van der Waals surface area contributed by atoms with Crippen LogP contribution in [-0.4, -0.2) is 0 Å². The summed E-state index contributed by atoms with van der Waals surface area (Å²) >= 11 is 3.57. The van der Waals surface area contributed by atoms with Gasteiger partial charge >= 0.3 is 0 Å². The second kappa shape index (κ2) is 4.50. The van der Waals surface area contributed by atoms with Crippen molar-refractivity contribution < 1.29 is 0 Å². The van der Waals surface area contributed by atoms with Crippen molar-refractivity contribution in [1.29, 1.82) is 0 Å². The lowest BCUT2D eigenvalue weighted by Crippen LogP contribution is -2.21. The van der Waals surface area contributed by atoms with E-state index in [1.165, 1.54) is 34.0 Å². The summed E-state index contributed by atoms with van der Waals surface area (Å²) in [6, 6.07) is 4.62. The minimum atomic E-state index is 0.194. The van der Waals surface area contributed by atoms with Gasteiger partial charge < -0.3 is 5.73 Å². The van der Waals surface area contributed by atoms with Crippen LogP contribution in [0.25, 0.3) is 0 Å². The number of halogens is 1. The van der Waals surface area contributed by atoms with Crippen molar-refractivity contribution in [2.24, 2.45) is 17.6 Å². The molecule has 1 fully saturated rings. The molecule has 0 bridgehead atoms. The van der Waals surface area contributed by atoms with Gasteiger partial charge in [0.15, 0.2) is 0 Å². The van der Waals surface area contributed by atoms with Gasteiger partial charge in [-0.1, -0.05) is 28.9 Å². The average molecular weight is 282 g/mol. The molecule has 0 amide bonds. The SMILES string of the molecule is Cc1cc(C(N)C(C)C2CC2)c(C)cc1Br. The third-order valence-electron chi connectivity index (χ3n) is 3.84. The van der Waals surface area contributed by atoms with E-state index in [1.807, 2.05) is 0 Å². The number of hydrogen-bond donors (Lipinski definition) is 1. The minimum absolute atomic E-state index is 0.194. The van der Waals surface area contributed by atoms with E-state index in [4.69, 9.17) is 5.73 Å². The van der Waals surface area contributed by atoms with Crippen molar-refractivity contribution in [2.75, 3.05) is 0 Å². The molecule has 0 spiro atoms. The molecule has 88 valence electrons. The fourth-order valence-electron chi connectivity index (χ4n) is 2.36. The van der Waals surface area contributed by atoms with Crippen LogP contribution in [0.15, 0.2) is 16.6 Å². The first-order chi connectivity index (χ1) is 7.50. The first-order valence-electron chi connectivity index (χ1n) is 6.03. The number of aryl methyl sites for hydroxylation is 2. The largest absolute Gasteiger partial charge is 0.324 e. The van der Waals surface area contributed by atoms with Crippen LogP contribution in [0.3, 0.4) is 0 Å². The van der Waals surface area contributed by atoms with E-state index >= 15 is 0 Å². The van der Waals surface area contributed by atoms with Gasteiger partial charge in [-0.05, 0) is 61.3 Å². The maximum Gasteiger partial charge on any atom is 0.0326 e. The molecule has 16 heavy (non-hydrogen) atoms. The van der Waals surface area contributed by atoms with Crippen LogP contribution in [0.1, 0.15) is 42.5 Å². The molecular formula is C14H20BrN. The van der Waals surface area contributed by atoms with E-state index < -0.39 is 0 Å². The topological polar surface area (TPSA) is 26.0 Å². The average Bonchev–Trinajstić information content (AvgIpc) is 3.05. The quantitative estimate of drug-likeness (QED) is 0.887. The molecule has 2 unspecified atom stereocenters. The van der Waals surface area contributed by atoms with Gasteiger partial charge in [0.2, 0.25) is 0 Å². The Bertz CT molecular complexity index is 396. The van der Waals surface area contributed by atoms with Gasteiger partial charge in [-0.15, -0.1) is 0 Å². The zero-order chi connectivity index (χ0) is 11.9. The molecule has 2 atom stereocenters. The maximum absolute atomic E-state index is 6.38. The lowest BCUT2D eigenvalue weighted by molar-refractivity contribution is 0.416. The van der Waals surface area contributed by atoms with Crippen LogP contribution in [-0.2, 0) is 0 Å². The summed E-state index contributed by atoms with van der Waals surface area (Å²) in [6.07, 6.45) is 2.73. The Morgan fingerprint density at radius 1 is 1.25 bits per heavy atom. The highest BCUT2D eigenvalue weighted by Crippen LogP contribution is 2.42. The fraction of sp³-hybridized carbons (Fsp3) is 0.571. The Hall–Kier alpha value is -0.340. The Balaban J connectivity index is 2.28. The Labute approximate surface area is 107 Å². The Morgan fingerprint density at radius 2 is 1.88 bits per heavy atom. The van der Waals surface area contributed by atoms with Crippen molar-refractivity contribution in [3.8, 4) is 0 Å². The molecule has 2 heteroatoms. The monoisotopic (exact) mass is 281 g/mol. The predicted molar refractivity (Wildman–Crippen MR) is 72.4 cm³/mol. The maximum atomic E-state index is 6.38. The van der Waals surface area contributed by atoms with Crippen LogP contribution < -0.4 is 5.73 Å². The summed E-state index contributed by atoms with van der Waals surface area (Å²) in [5.41, 5.74) is 10.3. The molecule has 0 aromatic heterocycles. The van der Waals surface area contributed by atoms with Gasteiger partial charge in [-0.25, -0.2) is 0 Å². The highest BCUT2D eigenvalue weighted by atomic mass is 79.9. The van der Waals surface area contributed by atoms with Crippen molar-refractivity contribution in [3.63, 3.8) is 0 Å². The summed E-state index contributed by atoms with van der Waals surface area (Å²) in [7, 11) is 0. The van der Waals surface area contributed by atoms with Crippen LogP contribution in [0, 0.1) is 25.7 Å². The summed E-state index contributed by atoms with van der Waals surface area (Å²) in [5, 5.41) is 0. The third kappa shape index (κ3) is 2.33. The van der Waals surface area contributed by atoms with Gasteiger partial charge in [0.25, 0.3) is 0 Å². The van der Waals surface area contributed by atoms with Crippen LogP contribution >= 0.6 is 15.9 Å². The molecule has 0 saturated heterocycles. The second-order valence-electron chi connectivity index (χ2n) is 5.18. The molecule has 1 aliphatic rings. The van der Waals surface area contributed by atoms with E-state index in [2.05, 4.69) is 48.8 Å². The molecule has 0 radical (unpaired) electrons. The molecule has 1 saturated carbocycles. The van der Waals surface area contributed by atoms with Gasteiger partial charge in [0.1, 0.15) is 0 Å². The van der Waals surface area contributed by atoms with Gasteiger partial charge in [0.05, 0.1) is 0 Å². The van der Waals surface area contributed by atoms with Crippen molar-refractivity contribution in [1.82, 2.24) is 0 Å². The molecule has 1 aromatic rings. The van der Waals surface area contributed by atoms with Crippen LogP contribution in [0.2, 0.25) is 0 Å². The molecular weight excluding hydrogens is 262 g/mol. The summed E-state index contributed by atoms with van der Waals surface area (Å²) in [6.45, 7) is 6.57. The van der Waals surface area contributed by atoms with Gasteiger partial charge in [-0.3, -0.25) is 0 Å². The zero-order valence-corrected chi connectivity index (χ0v) is 11.8. The summed E-state index contributed by atoms with van der Waals surface area (Å²) < 4.78 is 1.18. The van der Waals surface area contributed by atoms with Crippen molar-refractivity contribution in [2.45, 2.75) is 39.7 Å². The minimum Gasteiger partial charge on any atom is -0.324 e. The van der Waals surface area contributed by atoms with Crippen LogP contribution in [0.5, 0.6) is 0 Å². The predicted octanol–water partition coefficient (Wildman–Crippen LogP) is 4.11. The smallest absolute Gasteiger partial charge is 0.0326 e. The lowest BCUT2D eigenvalue weighted by Gasteiger charge is -2.22. The highest BCUT2D eigenvalue weighted by Gasteiger charge is 2.32. The molecule has 2 N–H and O–H groups in total. The first-order valence-corrected chi connectivity index (χ1v) is 6.82. The highest BCUT2D eigenvalue weighted by molar-refractivity contribution is 9.10. The van der Waals surface area contributed by atoms with E-state index in [1.54, 1.807) is 0 Å². The second-order valence-corrected chi connectivity index (χ2v) is 6.03. The van der Waals surface area contributed by atoms with Crippen molar-refractivity contribution >= 4 is 15.9 Å². The molecule has 0 heterocycles. The normalized spacial score (nSPS) is 19.6. The molecule has 0 aliphatic heterocycles. The third-order valence-corrected chi connectivity index (χ3v) is 4.69. The fourth-order valence-corrected chi connectivity index (χ4v) is 2.82. The van der Waals surface area contributed by atoms with E-state index in [-0.39, 0.29) is 6.04 Å². The molecule has 1 nitrogen and oxygen atoms in total. The number of benzene rings is 1. The summed E-state index contributed by atoms with van der Waals surface area (Å²) in [5.74, 6) is 1.47. The number of hydrogen-bond acceptors (Lipinski definition) is 1. The zero-order valence-electron chi connectivity index (χ0n) is 10.3. The molecule has 1 aromatic carbocycles. The number of nitrogens with two attached hydrogens (primary N) is 1. The first kappa shape index (κ1) is 12.1.